The van der Waals surface area contributed by atoms with Gasteiger partial charge in [0.25, 0.3) is 5.56 Å². The Labute approximate surface area is 144 Å². The molecule has 25 heavy (non-hydrogen) atoms. The molecule has 2 heterocycles. The number of aromatic amines is 1. The number of fused-ring (bicyclic) bond motifs is 1. The number of nitrogens with one attached hydrogen (secondary N) is 1. The molecule has 0 saturated carbocycles. The van der Waals surface area contributed by atoms with Crippen LogP contribution in [0.1, 0.15) is 32.6 Å². The lowest BCUT2D eigenvalue weighted by Gasteiger charge is -2.10. The second-order valence-corrected chi connectivity index (χ2v) is 7.42. The molecule has 0 bridgehead atoms. The monoisotopic (exact) mass is 374 g/mol. The number of H-pyrrole nitrogens is 1. The summed E-state index contributed by atoms with van der Waals surface area (Å²) in [6.45, 7) is 2.54. The van der Waals surface area contributed by atoms with E-state index in [0.29, 0.717) is 13.0 Å². The van der Waals surface area contributed by atoms with Gasteiger partial charge in [0, 0.05) is 12.8 Å². The summed E-state index contributed by atoms with van der Waals surface area (Å²) in [5, 5.41) is 7.57. The lowest BCUT2D eigenvalue weighted by atomic mass is 10.2. The predicted molar refractivity (Wildman–Crippen MR) is 91.1 cm³/mol. The van der Waals surface area contributed by atoms with E-state index >= 15 is 0 Å². The highest BCUT2D eigenvalue weighted by Gasteiger charge is 2.17. The van der Waals surface area contributed by atoms with Crippen LogP contribution in [0.4, 0.5) is 5.95 Å². The summed E-state index contributed by atoms with van der Waals surface area (Å²) in [6.07, 6.45) is 3.30. The number of unbranched alkanes of at least 4 members (excludes halogenated alkanes) is 3. The van der Waals surface area contributed by atoms with E-state index in [1.54, 1.807) is 6.92 Å². The van der Waals surface area contributed by atoms with Crippen LogP contribution in [0.25, 0.3) is 11.2 Å². The number of ether oxygens (including phenoxy) is 1. The summed E-state index contributed by atoms with van der Waals surface area (Å²) in [5.74, 6) is -0.00530. The van der Waals surface area contributed by atoms with E-state index in [1.165, 1.54) is 4.68 Å². The van der Waals surface area contributed by atoms with E-state index in [0.717, 1.165) is 19.3 Å². The van der Waals surface area contributed by atoms with Crippen molar-refractivity contribution in [3.8, 4) is 0 Å². The minimum atomic E-state index is -3.41. The number of aromatic nitrogens is 5. The molecule has 0 saturated heterocycles. The normalized spacial score (nSPS) is 14.0. The zero-order valence-electron chi connectivity index (χ0n) is 14.1. The van der Waals surface area contributed by atoms with Crippen LogP contribution in [0.2, 0.25) is 0 Å². The maximum Gasteiger partial charge on any atom is 0.328 e. The topological polar surface area (TPSA) is 158 Å². The molecule has 0 aromatic carbocycles. The van der Waals surface area contributed by atoms with Gasteiger partial charge in [0.1, 0.15) is 6.73 Å². The smallest absolute Gasteiger partial charge is 0.328 e. The van der Waals surface area contributed by atoms with E-state index in [2.05, 4.69) is 20.3 Å². The van der Waals surface area contributed by atoms with Gasteiger partial charge in [0.05, 0.1) is 6.61 Å². The molecule has 0 aliphatic heterocycles. The lowest BCUT2D eigenvalue weighted by Crippen LogP contribution is -2.13. The van der Waals surface area contributed by atoms with Crippen molar-refractivity contribution in [1.29, 1.82) is 0 Å². The molecule has 4 N–H and O–H groups in total. The van der Waals surface area contributed by atoms with Crippen molar-refractivity contribution in [2.24, 2.45) is 0 Å². The summed E-state index contributed by atoms with van der Waals surface area (Å²) in [6, 6.07) is 0. The van der Waals surface area contributed by atoms with Gasteiger partial charge in [-0.25, -0.2) is 4.68 Å². The van der Waals surface area contributed by atoms with Crippen molar-refractivity contribution in [3.05, 3.63) is 10.4 Å². The largest absolute Gasteiger partial charge is 0.369 e. The molecule has 0 fully saturated rings. The van der Waals surface area contributed by atoms with Crippen molar-refractivity contribution in [3.63, 3.8) is 0 Å². The van der Waals surface area contributed by atoms with E-state index in [4.69, 9.17) is 15.0 Å². The molecule has 12 heteroatoms. The summed E-state index contributed by atoms with van der Waals surface area (Å²) < 4.78 is 23.1. The summed E-state index contributed by atoms with van der Waals surface area (Å²) in [7, 11) is -3.41. The predicted octanol–water partition coefficient (Wildman–Crippen LogP) is 0.853. The Kier molecular flexibility index (Phi) is 7.06. The Bertz CT molecular complexity index is 791. The second kappa shape index (κ2) is 9.04. The van der Waals surface area contributed by atoms with Crippen molar-refractivity contribution >= 4 is 24.7 Å². The Morgan fingerprint density at radius 1 is 1.32 bits per heavy atom. The van der Waals surface area contributed by atoms with Crippen molar-refractivity contribution in [2.75, 3.05) is 25.1 Å². The summed E-state index contributed by atoms with van der Waals surface area (Å²) in [4.78, 5) is 27.4. The van der Waals surface area contributed by atoms with Crippen LogP contribution in [-0.2, 0) is 20.6 Å². The van der Waals surface area contributed by atoms with Gasteiger partial charge < -0.3 is 19.9 Å². The Morgan fingerprint density at radius 3 is 2.84 bits per heavy atom. The van der Waals surface area contributed by atoms with Crippen LogP contribution < -0.4 is 11.3 Å². The number of rotatable bonds is 11. The van der Waals surface area contributed by atoms with Gasteiger partial charge in [-0.2, -0.15) is 4.98 Å². The molecular weight excluding hydrogens is 351 g/mol. The number of anilines is 1. The molecule has 2 aromatic rings. The lowest BCUT2D eigenvalue weighted by molar-refractivity contribution is 0.0672. The number of nitrogens with two attached hydrogens (primary N) is 1. The molecule has 0 amide bonds. The van der Waals surface area contributed by atoms with E-state index in [1.807, 2.05) is 0 Å². The zero-order chi connectivity index (χ0) is 18.3. The molecule has 2 rings (SSSR count). The fourth-order valence-corrected chi connectivity index (χ4v) is 3.41. The Hall–Kier alpha value is -1.81. The molecule has 11 nitrogen and oxygen atoms in total. The first-order valence-corrected chi connectivity index (χ1v) is 9.82. The molecule has 1 unspecified atom stereocenters. The molecule has 0 aliphatic rings. The highest BCUT2D eigenvalue weighted by molar-refractivity contribution is 7.52. The molecule has 140 valence electrons. The van der Waals surface area contributed by atoms with Crippen molar-refractivity contribution < 1.29 is 18.7 Å². The van der Waals surface area contributed by atoms with Gasteiger partial charge in [0.15, 0.2) is 11.2 Å². The van der Waals surface area contributed by atoms with Gasteiger partial charge in [0.2, 0.25) is 5.95 Å². The van der Waals surface area contributed by atoms with Gasteiger partial charge in [-0.05, 0) is 19.8 Å². The van der Waals surface area contributed by atoms with Crippen molar-refractivity contribution in [1.82, 2.24) is 25.0 Å². The first kappa shape index (κ1) is 19.5. The van der Waals surface area contributed by atoms with Crippen LogP contribution in [0.5, 0.6) is 0 Å². The van der Waals surface area contributed by atoms with Gasteiger partial charge >= 0.3 is 7.60 Å². The van der Waals surface area contributed by atoms with Crippen LogP contribution in [0.3, 0.4) is 0 Å². The highest BCUT2D eigenvalue weighted by Crippen LogP contribution is 2.42. The van der Waals surface area contributed by atoms with Crippen LogP contribution in [0, 0.1) is 0 Å². The van der Waals surface area contributed by atoms with Gasteiger partial charge in [-0.1, -0.05) is 18.1 Å². The number of nitrogen functional groups attached to an aromatic ring is 1. The molecule has 2 aromatic heterocycles. The maximum absolute atomic E-state index is 11.6. The Balaban J connectivity index is 1.66. The zero-order valence-corrected chi connectivity index (χ0v) is 14.9. The minimum absolute atomic E-state index is 0.00530. The summed E-state index contributed by atoms with van der Waals surface area (Å²) in [5.41, 5.74) is 5.44. The third-order valence-corrected chi connectivity index (χ3v) is 4.96. The van der Waals surface area contributed by atoms with E-state index < -0.39 is 13.2 Å². The van der Waals surface area contributed by atoms with Crippen LogP contribution >= 0.6 is 7.60 Å². The van der Waals surface area contributed by atoms with Gasteiger partial charge in [-0.3, -0.25) is 14.3 Å². The molecule has 0 spiro atoms. The fourth-order valence-electron chi connectivity index (χ4n) is 2.26. The standard InChI is InChI=1S/C13H23N6O5P/c1-2-24-25(21,22)8-6-4-3-5-7-23-9-19-11-10(17-18-19)12(20)16-13(14)15-11/h2-9H2,1H3,(H,21,22)(H3,14,15,16,20). The highest BCUT2D eigenvalue weighted by atomic mass is 31.2. The number of hydrogen-bond acceptors (Lipinski definition) is 8. The maximum atomic E-state index is 11.6. The molecule has 0 radical (unpaired) electrons. The first-order valence-electron chi connectivity index (χ1n) is 8.06. The summed E-state index contributed by atoms with van der Waals surface area (Å²) >= 11 is 0. The Morgan fingerprint density at radius 2 is 2.08 bits per heavy atom. The second-order valence-electron chi connectivity index (χ2n) is 5.44. The quantitative estimate of drug-likeness (QED) is 0.383. The van der Waals surface area contributed by atoms with Crippen LogP contribution in [0.15, 0.2) is 4.79 Å². The average molecular weight is 374 g/mol. The third kappa shape index (κ3) is 5.89. The number of nitrogens with zero attached hydrogens (tertiary/aromatic N) is 4. The SMILES string of the molecule is CCOP(=O)(O)CCCCCCOCn1nnc2c(=O)[nH]c(N)nc21. The first-order chi connectivity index (χ1) is 11.9. The average Bonchev–Trinajstić information content (AvgIpc) is 2.93. The molecule has 0 aliphatic carbocycles. The van der Waals surface area contributed by atoms with Gasteiger partial charge in [-0.15, -0.1) is 5.10 Å². The third-order valence-electron chi connectivity index (χ3n) is 3.42. The number of hydrogen-bond donors (Lipinski definition) is 3. The molecular formula is C13H23N6O5P. The van der Waals surface area contributed by atoms with E-state index in [-0.39, 0.29) is 36.6 Å². The van der Waals surface area contributed by atoms with Crippen LogP contribution in [-0.4, -0.2) is 49.2 Å². The fraction of sp³-hybridized carbons (Fsp3) is 0.692. The van der Waals surface area contributed by atoms with E-state index in [9.17, 15) is 14.3 Å². The molecule has 1 atom stereocenters. The minimum Gasteiger partial charge on any atom is -0.369 e. The van der Waals surface area contributed by atoms with Crippen molar-refractivity contribution in [2.45, 2.75) is 39.3 Å².